The van der Waals surface area contributed by atoms with E-state index in [4.69, 9.17) is 5.41 Å². The number of nitrogens with zero attached hydrogens (tertiary/aromatic N) is 1. The summed E-state index contributed by atoms with van der Waals surface area (Å²) in [4.78, 5) is 2.38. The molecule has 0 aromatic heterocycles. The normalized spacial score (nSPS) is 34.6. The molecule has 2 rings (SSSR count). The van der Waals surface area contributed by atoms with Crippen molar-refractivity contribution >= 4 is 5.84 Å². The minimum atomic E-state index is 0.707. The molecule has 2 heteroatoms. The van der Waals surface area contributed by atoms with Crippen molar-refractivity contribution in [3.8, 4) is 0 Å². The highest BCUT2D eigenvalue weighted by atomic mass is 15.2. The average molecular weight is 194 g/mol. The van der Waals surface area contributed by atoms with Crippen molar-refractivity contribution in [2.75, 3.05) is 6.54 Å². The number of hydrogen-bond donors (Lipinski definition) is 1. The van der Waals surface area contributed by atoms with E-state index in [2.05, 4.69) is 11.8 Å². The summed E-state index contributed by atoms with van der Waals surface area (Å²) in [5.74, 6) is 1.83. The van der Waals surface area contributed by atoms with Crippen molar-refractivity contribution < 1.29 is 0 Å². The van der Waals surface area contributed by atoms with Crippen LogP contribution in [0.1, 0.15) is 51.9 Å². The molecule has 0 aromatic rings. The number of likely N-dealkylation sites (tertiary alicyclic amines) is 1. The third kappa shape index (κ3) is 2.10. The second-order valence-electron chi connectivity index (χ2n) is 5.01. The number of rotatable bonds is 1. The van der Waals surface area contributed by atoms with E-state index in [9.17, 15) is 0 Å². The zero-order chi connectivity index (χ0) is 9.97. The van der Waals surface area contributed by atoms with Gasteiger partial charge in [0.2, 0.25) is 0 Å². The molecule has 2 aliphatic rings. The van der Waals surface area contributed by atoms with Gasteiger partial charge in [0.1, 0.15) is 0 Å². The Kier molecular flexibility index (Phi) is 3.09. The second-order valence-corrected chi connectivity index (χ2v) is 5.01. The first-order valence-corrected chi connectivity index (χ1v) is 6.11. The van der Waals surface area contributed by atoms with Crippen molar-refractivity contribution in [2.45, 2.75) is 57.9 Å². The first kappa shape index (κ1) is 10.0. The summed E-state index contributed by atoms with van der Waals surface area (Å²) >= 11 is 0. The van der Waals surface area contributed by atoms with E-state index >= 15 is 0 Å². The van der Waals surface area contributed by atoms with Crippen LogP contribution in [0.3, 0.4) is 0 Å². The van der Waals surface area contributed by atoms with Gasteiger partial charge in [-0.2, -0.15) is 0 Å². The van der Waals surface area contributed by atoms with Crippen molar-refractivity contribution in [1.29, 1.82) is 5.41 Å². The van der Waals surface area contributed by atoms with Gasteiger partial charge in [0.15, 0.2) is 0 Å². The standard InChI is InChI=1S/C12H22N2/c1-10-5-7-11(8-6-10)14-9-3-2-4-12(14)13/h10-11,13H,2-9H2,1H3. The summed E-state index contributed by atoms with van der Waals surface area (Å²) in [5, 5.41) is 7.96. The number of amidine groups is 1. The van der Waals surface area contributed by atoms with E-state index in [0.717, 1.165) is 24.7 Å². The van der Waals surface area contributed by atoms with Crippen LogP contribution in [0, 0.1) is 11.3 Å². The van der Waals surface area contributed by atoms with Crippen LogP contribution in [0.15, 0.2) is 0 Å². The zero-order valence-corrected chi connectivity index (χ0v) is 9.26. The molecule has 1 aliphatic carbocycles. The molecular weight excluding hydrogens is 172 g/mol. The molecule has 1 heterocycles. The van der Waals surface area contributed by atoms with Crippen molar-refractivity contribution in [3.63, 3.8) is 0 Å². The Hall–Kier alpha value is -0.530. The fraction of sp³-hybridized carbons (Fsp3) is 0.917. The molecule has 2 fully saturated rings. The average Bonchev–Trinajstić information content (AvgIpc) is 2.20. The topological polar surface area (TPSA) is 27.1 Å². The summed E-state index contributed by atoms with van der Waals surface area (Å²) in [6.07, 6.45) is 8.94. The SMILES string of the molecule is CC1CCC(N2CCCCC2=N)CC1. The minimum absolute atomic E-state index is 0.707. The molecule has 1 N–H and O–H groups in total. The number of hydrogen-bond acceptors (Lipinski definition) is 1. The Labute approximate surface area is 87.2 Å². The lowest BCUT2D eigenvalue weighted by Crippen LogP contribution is -2.44. The first-order valence-electron chi connectivity index (χ1n) is 6.11. The van der Waals surface area contributed by atoms with E-state index < -0.39 is 0 Å². The van der Waals surface area contributed by atoms with Gasteiger partial charge in [0.05, 0.1) is 5.84 Å². The number of nitrogens with one attached hydrogen (secondary N) is 1. The van der Waals surface area contributed by atoms with E-state index in [1.165, 1.54) is 38.5 Å². The first-order chi connectivity index (χ1) is 6.77. The summed E-state index contributed by atoms with van der Waals surface area (Å²) in [7, 11) is 0. The molecule has 0 atom stereocenters. The lowest BCUT2D eigenvalue weighted by molar-refractivity contribution is 0.198. The van der Waals surface area contributed by atoms with Crippen molar-refractivity contribution in [2.24, 2.45) is 5.92 Å². The van der Waals surface area contributed by atoms with Crippen LogP contribution in [0.2, 0.25) is 0 Å². The van der Waals surface area contributed by atoms with Crippen LogP contribution in [0.4, 0.5) is 0 Å². The van der Waals surface area contributed by atoms with E-state index in [-0.39, 0.29) is 0 Å². The molecule has 0 radical (unpaired) electrons. The molecule has 0 spiro atoms. The summed E-state index contributed by atoms with van der Waals surface area (Å²) in [6, 6.07) is 0.707. The Balaban J connectivity index is 1.90. The zero-order valence-electron chi connectivity index (χ0n) is 9.26. The van der Waals surface area contributed by atoms with Gasteiger partial charge >= 0.3 is 0 Å². The molecule has 0 amide bonds. The van der Waals surface area contributed by atoms with Gasteiger partial charge < -0.3 is 4.90 Å². The molecule has 0 bridgehead atoms. The second kappa shape index (κ2) is 4.33. The Morgan fingerprint density at radius 1 is 1.14 bits per heavy atom. The highest BCUT2D eigenvalue weighted by molar-refractivity contribution is 5.80. The lowest BCUT2D eigenvalue weighted by atomic mass is 9.86. The van der Waals surface area contributed by atoms with Gasteiger partial charge in [-0.25, -0.2) is 0 Å². The smallest absolute Gasteiger partial charge is 0.0960 e. The predicted molar refractivity (Wildman–Crippen MR) is 59.7 cm³/mol. The molecule has 1 saturated carbocycles. The van der Waals surface area contributed by atoms with Crippen molar-refractivity contribution in [1.82, 2.24) is 4.90 Å². The van der Waals surface area contributed by atoms with Gasteiger partial charge in [-0.05, 0) is 44.4 Å². The Morgan fingerprint density at radius 3 is 2.50 bits per heavy atom. The van der Waals surface area contributed by atoms with Crippen LogP contribution < -0.4 is 0 Å². The van der Waals surface area contributed by atoms with Gasteiger partial charge in [-0.15, -0.1) is 0 Å². The van der Waals surface area contributed by atoms with Gasteiger partial charge in [-0.1, -0.05) is 6.92 Å². The van der Waals surface area contributed by atoms with Gasteiger partial charge in [0.25, 0.3) is 0 Å². The predicted octanol–water partition coefficient (Wildman–Crippen LogP) is 3.03. The van der Waals surface area contributed by atoms with Crippen LogP contribution in [0.25, 0.3) is 0 Å². The monoisotopic (exact) mass is 194 g/mol. The van der Waals surface area contributed by atoms with Crippen LogP contribution in [-0.4, -0.2) is 23.3 Å². The highest BCUT2D eigenvalue weighted by Crippen LogP contribution is 2.29. The Morgan fingerprint density at radius 2 is 1.86 bits per heavy atom. The quantitative estimate of drug-likeness (QED) is 0.682. The van der Waals surface area contributed by atoms with E-state index in [1.807, 2.05) is 0 Å². The maximum Gasteiger partial charge on any atom is 0.0960 e. The number of piperidine rings is 1. The van der Waals surface area contributed by atoms with Crippen LogP contribution in [-0.2, 0) is 0 Å². The lowest BCUT2D eigenvalue weighted by Gasteiger charge is -2.40. The molecule has 2 nitrogen and oxygen atoms in total. The third-order valence-corrected chi connectivity index (χ3v) is 3.84. The van der Waals surface area contributed by atoms with Crippen LogP contribution in [0.5, 0.6) is 0 Å². The maximum absolute atomic E-state index is 7.96. The van der Waals surface area contributed by atoms with E-state index in [0.29, 0.717) is 6.04 Å². The summed E-state index contributed by atoms with van der Waals surface area (Å²) in [5.41, 5.74) is 0. The Bertz CT molecular complexity index is 204. The van der Waals surface area contributed by atoms with Crippen LogP contribution >= 0.6 is 0 Å². The maximum atomic E-state index is 7.96. The molecule has 1 aliphatic heterocycles. The van der Waals surface area contributed by atoms with Gasteiger partial charge in [0, 0.05) is 19.0 Å². The molecule has 80 valence electrons. The molecule has 1 saturated heterocycles. The molecular formula is C12H22N2. The summed E-state index contributed by atoms with van der Waals surface area (Å²) in [6.45, 7) is 3.51. The molecule has 0 unspecified atom stereocenters. The molecule has 14 heavy (non-hydrogen) atoms. The molecule has 0 aromatic carbocycles. The van der Waals surface area contributed by atoms with Crippen molar-refractivity contribution in [3.05, 3.63) is 0 Å². The fourth-order valence-electron chi connectivity index (χ4n) is 2.81. The largest absolute Gasteiger partial charge is 0.358 e. The minimum Gasteiger partial charge on any atom is -0.358 e. The van der Waals surface area contributed by atoms with E-state index in [1.54, 1.807) is 0 Å². The third-order valence-electron chi connectivity index (χ3n) is 3.84. The van der Waals surface area contributed by atoms with Gasteiger partial charge in [-0.3, -0.25) is 5.41 Å². The summed E-state index contributed by atoms with van der Waals surface area (Å²) < 4.78 is 0. The highest BCUT2D eigenvalue weighted by Gasteiger charge is 2.26. The fourth-order valence-corrected chi connectivity index (χ4v) is 2.81.